The summed E-state index contributed by atoms with van der Waals surface area (Å²) in [6, 6.07) is 8.97. The zero-order valence-corrected chi connectivity index (χ0v) is 10.8. The summed E-state index contributed by atoms with van der Waals surface area (Å²) in [6.07, 6.45) is 0. The number of likely N-dealkylation sites (N-methyl/N-ethyl adjacent to an activating group) is 1. The van der Waals surface area contributed by atoms with Gasteiger partial charge in [-0.25, -0.2) is 0 Å². The molecule has 0 saturated carbocycles. The highest BCUT2D eigenvalue weighted by Gasteiger charge is 2.13. The maximum Gasteiger partial charge on any atom is 0.238 e. The molecule has 1 amide bonds. The van der Waals surface area contributed by atoms with Crippen LogP contribution in [0.5, 0.6) is 5.75 Å². The molecular weight excluding hydrogens is 230 g/mol. The van der Waals surface area contributed by atoms with Gasteiger partial charge in [0.1, 0.15) is 5.75 Å². The van der Waals surface area contributed by atoms with E-state index < -0.39 is 0 Å². The van der Waals surface area contributed by atoms with Crippen molar-refractivity contribution in [3.63, 3.8) is 0 Å². The summed E-state index contributed by atoms with van der Waals surface area (Å²) in [7, 11) is 3.28. The van der Waals surface area contributed by atoms with E-state index in [-0.39, 0.29) is 18.5 Å². The predicted octanol–water partition coefficient (Wildman–Crippen LogP) is 1.48. The van der Waals surface area contributed by atoms with Crippen molar-refractivity contribution in [1.29, 1.82) is 5.26 Å². The second kappa shape index (κ2) is 6.62. The molecule has 18 heavy (non-hydrogen) atoms. The topological polar surface area (TPSA) is 65.4 Å². The Balaban J connectivity index is 2.63. The lowest BCUT2D eigenvalue weighted by Crippen LogP contribution is -2.35. The molecule has 1 N–H and O–H groups in total. The third kappa shape index (κ3) is 3.75. The number of amides is 1. The van der Waals surface area contributed by atoms with Gasteiger partial charge in [0.05, 0.1) is 31.5 Å². The van der Waals surface area contributed by atoms with Gasteiger partial charge in [-0.1, -0.05) is 12.1 Å². The molecule has 1 unspecified atom stereocenters. The van der Waals surface area contributed by atoms with E-state index in [4.69, 9.17) is 10.00 Å². The van der Waals surface area contributed by atoms with Crippen molar-refractivity contribution in [3.05, 3.63) is 24.3 Å². The fourth-order valence-corrected chi connectivity index (χ4v) is 1.40. The third-order valence-corrected chi connectivity index (χ3v) is 2.62. The molecule has 96 valence electrons. The van der Waals surface area contributed by atoms with Crippen LogP contribution in [-0.4, -0.2) is 37.6 Å². The van der Waals surface area contributed by atoms with Gasteiger partial charge in [-0.3, -0.25) is 9.69 Å². The fraction of sp³-hybridized carbons (Fsp3) is 0.385. The number of ether oxygens (including phenoxy) is 1. The molecule has 1 atom stereocenters. The number of rotatable bonds is 5. The van der Waals surface area contributed by atoms with E-state index in [1.807, 2.05) is 12.1 Å². The highest BCUT2D eigenvalue weighted by molar-refractivity contribution is 5.93. The molecule has 0 bridgehead atoms. The molecule has 0 spiro atoms. The normalized spacial score (nSPS) is 11.7. The number of nitrogens with zero attached hydrogens (tertiary/aromatic N) is 2. The average molecular weight is 247 g/mol. The molecular formula is C13H17N3O2. The quantitative estimate of drug-likeness (QED) is 0.855. The van der Waals surface area contributed by atoms with Crippen molar-refractivity contribution >= 4 is 11.6 Å². The van der Waals surface area contributed by atoms with Crippen LogP contribution in [0, 0.1) is 11.3 Å². The van der Waals surface area contributed by atoms with Crippen LogP contribution >= 0.6 is 0 Å². The van der Waals surface area contributed by atoms with Gasteiger partial charge < -0.3 is 10.1 Å². The van der Waals surface area contributed by atoms with Gasteiger partial charge in [-0.05, 0) is 26.1 Å². The van der Waals surface area contributed by atoms with Crippen molar-refractivity contribution in [1.82, 2.24) is 4.90 Å². The van der Waals surface area contributed by atoms with Gasteiger partial charge in [0.25, 0.3) is 0 Å². The summed E-state index contributed by atoms with van der Waals surface area (Å²) < 4.78 is 5.14. The highest BCUT2D eigenvalue weighted by Crippen LogP contribution is 2.22. The first-order chi connectivity index (χ1) is 8.58. The van der Waals surface area contributed by atoms with E-state index in [0.29, 0.717) is 11.4 Å². The Kier molecular flexibility index (Phi) is 5.15. The molecule has 5 heteroatoms. The molecule has 0 fully saturated rings. The Morgan fingerprint density at radius 1 is 1.56 bits per heavy atom. The van der Waals surface area contributed by atoms with Crippen LogP contribution < -0.4 is 10.1 Å². The summed E-state index contributed by atoms with van der Waals surface area (Å²) in [5, 5.41) is 11.5. The van der Waals surface area contributed by atoms with Crippen LogP contribution in [0.15, 0.2) is 24.3 Å². The molecule has 1 rings (SSSR count). The van der Waals surface area contributed by atoms with E-state index in [9.17, 15) is 4.79 Å². The summed E-state index contributed by atoms with van der Waals surface area (Å²) in [5.74, 6) is 0.436. The molecule has 5 nitrogen and oxygen atoms in total. The lowest BCUT2D eigenvalue weighted by atomic mass is 10.3. The van der Waals surface area contributed by atoms with Gasteiger partial charge in [-0.15, -0.1) is 0 Å². The van der Waals surface area contributed by atoms with Gasteiger partial charge in [0.2, 0.25) is 5.91 Å². The van der Waals surface area contributed by atoms with Crippen LogP contribution in [-0.2, 0) is 4.79 Å². The zero-order chi connectivity index (χ0) is 13.5. The first-order valence-corrected chi connectivity index (χ1v) is 5.61. The number of nitriles is 1. The number of methoxy groups -OCH3 is 1. The molecule has 0 heterocycles. The van der Waals surface area contributed by atoms with Gasteiger partial charge in [0.15, 0.2) is 0 Å². The van der Waals surface area contributed by atoms with Crippen molar-refractivity contribution < 1.29 is 9.53 Å². The Morgan fingerprint density at radius 3 is 2.83 bits per heavy atom. The van der Waals surface area contributed by atoms with Crippen LogP contribution in [0.1, 0.15) is 6.92 Å². The number of carbonyl (C=O) groups is 1. The summed E-state index contributed by atoms with van der Waals surface area (Å²) >= 11 is 0. The van der Waals surface area contributed by atoms with Gasteiger partial charge in [0, 0.05) is 0 Å². The second-order valence-electron chi connectivity index (χ2n) is 3.97. The van der Waals surface area contributed by atoms with Crippen molar-refractivity contribution in [3.8, 4) is 11.8 Å². The van der Waals surface area contributed by atoms with Crippen LogP contribution in [0.2, 0.25) is 0 Å². The molecule has 0 aliphatic heterocycles. The molecule has 1 aromatic rings. The van der Waals surface area contributed by atoms with Crippen molar-refractivity contribution in [2.75, 3.05) is 26.0 Å². The van der Waals surface area contributed by atoms with E-state index in [1.54, 1.807) is 38.1 Å². The first kappa shape index (κ1) is 14.0. The number of para-hydroxylation sites is 2. The first-order valence-electron chi connectivity index (χ1n) is 5.61. The summed E-state index contributed by atoms with van der Waals surface area (Å²) in [6.45, 7) is 1.91. The van der Waals surface area contributed by atoms with Gasteiger partial charge in [-0.2, -0.15) is 5.26 Å². The summed E-state index contributed by atoms with van der Waals surface area (Å²) in [4.78, 5) is 13.5. The average Bonchev–Trinajstić information content (AvgIpc) is 2.38. The highest BCUT2D eigenvalue weighted by atomic mass is 16.5. The largest absolute Gasteiger partial charge is 0.495 e. The van der Waals surface area contributed by atoms with Crippen LogP contribution in [0.4, 0.5) is 5.69 Å². The van der Waals surface area contributed by atoms with E-state index in [2.05, 4.69) is 11.4 Å². The van der Waals surface area contributed by atoms with Crippen molar-refractivity contribution in [2.24, 2.45) is 0 Å². The lowest BCUT2D eigenvalue weighted by Gasteiger charge is -2.18. The Labute approximate surface area is 107 Å². The number of carbonyl (C=O) groups excluding carboxylic acids is 1. The van der Waals surface area contributed by atoms with E-state index in [0.717, 1.165) is 0 Å². The maximum atomic E-state index is 11.8. The van der Waals surface area contributed by atoms with Crippen molar-refractivity contribution in [2.45, 2.75) is 13.0 Å². The molecule has 0 aliphatic rings. The maximum absolute atomic E-state index is 11.8. The minimum Gasteiger partial charge on any atom is -0.495 e. The van der Waals surface area contributed by atoms with E-state index >= 15 is 0 Å². The van der Waals surface area contributed by atoms with Crippen LogP contribution in [0.25, 0.3) is 0 Å². The minimum atomic E-state index is -0.298. The monoisotopic (exact) mass is 247 g/mol. The number of hydrogen-bond acceptors (Lipinski definition) is 4. The van der Waals surface area contributed by atoms with Crippen LogP contribution in [0.3, 0.4) is 0 Å². The SMILES string of the molecule is COc1ccccc1NC(=O)CN(C)C(C)C#N. The molecule has 0 radical (unpaired) electrons. The molecule has 0 saturated heterocycles. The lowest BCUT2D eigenvalue weighted by molar-refractivity contribution is -0.117. The Bertz CT molecular complexity index is 454. The van der Waals surface area contributed by atoms with Gasteiger partial charge >= 0.3 is 0 Å². The second-order valence-corrected chi connectivity index (χ2v) is 3.97. The number of benzene rings is 1. The smallest absolute Gasteiger partial charge is 0.238 e. The fourth-order valence-electron chi connectivity index (χ4n) is 1.40. The third-order valence-electron chi connectivity index (χ3n) is 2.62. The standard InChI is InChI=1S/C13H17N3O2/c1-10(8-14)16(2)9-13(17)15-11-6-4-5-7-12(11)18-3/h4-7,10H,9H2,1-3H3,(H,15,17). The Morgan fingerprint density at radius 2 is 2.22 bits per heavy atom. The number of anilines is 1. The van der Waals surface area contributed by atoms with E-state index in [1.165, 1.54) is 0 Å². The molecule has 0 aliphatic carbocycles. The Hall–Kier alpha value is -2.06. The molecule has 0 aromatic heterocycles. The number of hydrogen-bond donors (Lipinski definition) is 1. The number of nitrogens with one attached hydrogen (secondary N) is 1. The predicted molar refractivity (Wildman–Crippen MR) is 69.3 cm³/mol. The molecule has 1 aromatic carbocycles. The zero-order valence-electron chi connectivity index (χ0n) is 10.8. The summed E-state index contributed by atoms with van der Waals surface area (Å²) in [5.41, 5.74) is 0.628. The minimum absolute atomic E-state index is 0.159.